The van der Waals surface area contributed by atoms with Crippen molar-refractivity contribution in [1.82, 2.24) is 4.90 Å². The number of carbonyl (C=O) groups is 1. The Hall–Kier alpha value is -1.31. The molecule has 0 spiro atoms. The number of hydrogen-bond acceptors (Lipinski definition) is 2. The molecule has 0 atom stereocenters. The van der Waals surface area contributed by atoms with E-state index in [1.54, 1.807) is 0 Å². The normalized spacial score (nSPS) is 10.9. The van der Waals surface area contributed by atoms with E-state index < -0.39 is 25.5 Å². The number of halogens is 5. The van der Waals surface area contributed by atoms with Crippen LogP contribution in [0.15, 0.2) is 24.3 Å². The van der Waals surface area contributed by atoms with Crippen LogP contribution in [0.2, 0.25) is 0 Å². The maximum absolute atomic E-state index is 12.4. The highest BCUT2D eigenvalue weighted by Gasteiger charge is 2.23. The Morgan fingerprint density at radius 2 is 1.90 bits per heavy atom. The number of benzene rings is 1. The molecular weight excluding hydrogens is 346 g/mol. The van der Waals surface area contributed by atoms with Gasteiger partial charge in [-0.2, -0.15) is 8.78 Å². The largest absolute Gasteiger partial charge is 0.434 e. The maximum atomic E-state index is 12.4. The van der Waals surface area contributed by atoms with Gasteiger partial charge in [0.05, 0.1) is 12.1 Å². The number of para-hydroxylation sites is 1. The minimum Gasteiger partial charge on any atom is -0.434 e. The molecule has 0 aliphatic heterocycles. The molecule has 112 valence electrons. The Morgan fingerprint density at radius 1 is 1.25 bits per heavy atom. The molecule has 0 bridgehead atoms. The number of ether oxygens (including phenoxy) is 1. The zero-order valence-corrected chi connectivity index (χ0v) is 11.8. The van der Waals surface area contributed by atoms with Crippen LogP contribution in [0.3, 0.4) is 0 Å². The smallest absolute Gasteiger partial charge is 0.387 e. The van der Waals surface area contributed by atoms with Crippen molar-refractivity contribution in [3.63, 3.8) is 0 Å². The van der Waals surface area contributed by atoms with Gasteiger partial charge in [-0.05, 0) is 12.1 Å². The fourth-order valence-corrected chi connectivity index (χ4v) is 1.98. The Bertz CT molecular complexity index is 445. The van der Waals surface area contributed by atoms with Crippen molar-refractivity contribution in [2.24, 2.45) is 0 Å². The molecule has 0 aromatic heterocycles. The summed E-state index contributed by atoms with van der Waals surface area (Å²) in [5, 5.41) is 0.295. The monoisotopic (exact) mass is 357 g/mol. The van der Waals surface area contributed by atoms with Crippen LogP contribution in [0.1, 0.15) is 10.4 Å². The fraction of sp³-hybridized carbons (Fsp3) is 0.417. The third kappa shape index (κ3) is 4.99. The van der Waals surface area contributed by atoms with E-state index in [2.05, 4.69) is 20.7 Å². The van der Waals surface area contributed by atoms with Crippen LogP contribution in [0.5, 0.6) is 5.75 Å². The van der Waals surface area contributed by atoms with Crippen molar-refractivity contribution in [3.05, 3.63) is 29.8 Å². The quantitative estimate of drug-likeness (QED) is 0.553. The Morgan fingerprint density at radius 3 is 2.45 bits per heavy atom. The molecule has 0 radical (unpaired) electrons. The number of alkyl halides is 5. The molecule has 0 saturated heterocycles. The summed E-state index contributed by atoms with van der Waals surface area (Å²) in [5.41, 5.74) is -0.172. The van der Waals surface area contributed by atoms with Crippen molar-refractivity contribution in [2.75, 3.05) is 18.4 Å². The van der Waals surface area contributed by atoms with E-state index in [1.807, 2.05) is 0 Å². The summed E-state index contributed by atoms with van der Waals surface area (Å²) in [6.45, 7) is -3.83. The topological polar surface area (TPSA) is 29.5 Å². The van der Waals surface area contributed by atoms with Gasteiger partial charge in [-0.15, -0.1) is 0 Å². The van der Waals surface area contributed by atoms with Gasteiger partial charge in [-0.1, -0.05) is 28.1 Å². The van der Waals surface area contributed by atoms with Crippen molar-refractivity contribution in [1.29, 1.82) is 0 Å². The molecule has 0 aliphatic carbocycles. The standard InChI is InChI=1S/C12H12BrF4NO2/c13-5-6-18(7-10(14)15)11(19)8-3-1-2-4-9(8)20-12(16)17/h1-4,10,12H,5-7H2. The lowest BCUT2D eigenvalue weighted by molar-refractivity contribution is -0.0503. The Balaban J connectivity index is 2.98. The molecule has 1 aromatic rings. The predicted molar refractivity (Wildman–Crippen MR) is 68.8 cm³/mol. The second kappa shape index (κ2) is 8.08. The van der Waals surface area contributed by atoms with Crippen molar-refractivity contribution in [3.8, 4) is 5.75 Å². The van der Waals surface area contributed by atoms with Gasteiger partial charge in [0.15, 0.2) is 0 Å². The number of carbonyl (C=O) groups excluding carboxylic acids is 1. The van der Waals surface area contributed by atoms with E-state index in [4.69, 9.17) is 0 Å². The average molecular weight is 358 g/mol. The first-order valence-corrected chi connectivity index (χ1v) is 6.75. The number of nitrogens with zero attached hydrogens (tertiary/aromatic N) is 1. The first kappa shape index (κ1) is 16.7. The number of amides is 1. The number of hydrogen-bond donors (Lipinski definition) is 0. The molecule has 0 saturated carbocycles. The molecule has 20 heavy (non-hydrogen) atoms. The molecule has 0 aliphatic rings. The summed E-state index contributed by atoms with van der Waals surface area (Å²) in [4.78, 5) is 13.0. The predicted octanol–water partition coefficient (Wildman–Crippen LogP) is 3.39. The molecule has 1 aromatic carbocycles. The Labute approximate surface area is 121 Å². The second-order valence-electron chi connectivity index (χ2n) is 3.71. The molecule has 8 heteroatoms. The molecule has 1 rings (SSSR count). The minimum absolute atomic E-state index is 0.0339. The lowest BCUT2D eigenvalue weighted by atomic mass is 10.1. The molecule has 1 amide bonds. The van der Waals surface area contributed by atoms with Crippen molar-refractivity contribution >= 4 is 21.8 Å². The zero-order chi connectivity index (χ0) is 15.1. The summed E-state index contributed by atoms with van der Waals surface area (Å²) in [6.07, 6.45) is -2.71. The van der Waals surface area contributed by atoms with E-state index in [0.29, 0.717) is 5.33 Å². The average Bonchev–Trinajstić information content (AvgIpc) is 2.37. The minimum atomic E-state index is -3.09. The van der Waals surface area contributed by atoms with Gasteiger partial charge in [0, 0.05) is 11.9 Å². The highest BCUT2D eigenvalue weighted by atomic mass is 79.9. The van der Waals surface area contributed by atoms with Crippen LogP contribution < -0.4 is 4.74 Å². The third-order valence-electron chi connectivity index (χ3n) is 2.33. The summed E-state index contributed by atoms with van der Waals surface area (Å²) in [7, 11) is 0. The lowest BCUT2D eigenvalue weighted by Gasteiger charge is -2.22. The van der Waals surface area contributed by atoms with E-state index in [0.717, 1.165) is 4.90 Å². The lowest BCUT2D eigenvalue weighted by Crippen LogP contribution is -2.36. The van der Waals surface area contributed by atoms with E-state index in [1.165, 1.54) is 24.3 Å². The van der Waals surface area contributed by atoms with Gasteiger partial charge in [0.25, 0.3) is 12.3 Å². The van der Waals surface area contributed by atoms with Gasteiger partial charge < -0.3 is 9.64 Å². The SMILES string of the molecule is O=C(c1ccccc1OC(F)F)N(CCBr)CC(F)F. The zero-order valence-electron chi connectivity index (χ0n) is 10.2. The van der Waals surface area contributed by atoms with Crippen molar-refractivity contribution < 1.29 is 27.1 Å². The first-order chi connectivity index (χ1) is 9.45. The molecule has 0 fully saturated rings. The molecule has 0 unspecified atom stereocenters. The van der Waals surface area contributed by atoms with Crippen LogP contribution in [0, 0.1) is 0 Å². The number of rotatable bonds is 7. The van der Waals surface area contributed by atoms with Crippen LogP contribution >= 0.6 is 15.9 Å². The second-order valence-corrected chi connectivity index (χ2v) is 4.50. The van der Waals surface area contributed by atoms with Crippen LogP contribution in [0.4, 0.5) is 17.6 Å². The molecular formula is C12H12BrF4NO2. The van der Waals surface area contributed by atoms with Crippen LogP contribution in [0.25, 0.3) is 0 Å². The summed E-state index contributed by atoms with van der Waals surface area (Å²) >= 11 is 3.05. The van der Waals surface area contributed by atoms with Gasteiger partial charge in [-0.25, -0.2) is 8.78 Å². The van der Waals surface area contributed by atoms with Gasteiger partial charge in [0.2, 0.25) is 0 Å². The van der Waals surface area contributed by atoms with Crippen LogP contribution in [-0.4, -0.2) is 42.3 Å². The molecule has 3 nitrogen and oxygen atoms in total. The Kier molecular flexibility index (Phi) is 6.77. The maximum Gasteiger partial charge on any atom is 0.387 e. The fourth-order valence-electron chi connectivity index (χ4n) is 1.56. The van der Waals surface area contributed by atoms with Gasteiger partial charge in [0.1, 0.15) is 5.75 Å². The van der Waals surface area contributed by atoms with E-state index in [-0.39, 0.29) is 17.9 Å². The first-order valence-electron chi connectivity index (χ1n) is 5.63. The highest BCUT2D eigenvalue weighted by Crippen LogP contribution is 2.22. The third-order valence-corrected chi connectivity index (χ3v) is 2.69. The van der Waals surface area contributed by atoms with Gasteiger partial charge >= 0.3 is 6.61 Å². The molecule has 0 heterocycles. The summed E-state index contributed by atoms with van der Waals surface area (Å²) < 4.78 is 53.6. The van der Waals surface area contributed by atoms with Crippen molar-refractivity contribution in [2.45, 2.75) is 13.0 Å². The van der Waals surface area contributed by atoms with Crippen LogP contribution in [-0.2, 0) is 0 Å². The molecule has 0 N–H and O–H groups in total. The highest BCUT2D eigenvalue weighted by molar-refractivity contribution is 9.09. The summed E-state index contributed by atoms with van der Waals surface area (Å²) in [6, 6.07) is 5.30. The van der Waals surface area contributed by atoms with E-state index in [9.17, 15) is 22.4 Å². The summed E-state index contributed by atoms with van der Waals surface area (Å²) in [5.74, 6) is -1.11. The van der Waals surface area contributed by atoms with E-state index >= 15 is 0 Å². The van der Waals surface area contributed by atoms with Gasteiger partial charge in [-0.3, -0.25) is 4.79 Å².